The lowest BCUT2D eigenvalue weighted by Gasteiger charge is -2.25. The lowest BCUT2D eigenvalue weighted by Crippen LogP contribution is -2.32. The van der Waals surface area contributed by atoms with Crippen LogP contribution in [0, 0.1) is 17.6 Å². The fourth-order valence-corrected chi connectivity index (χ4v) is 2.49. The number of hydrogen-bond acceptors (Lipinski definition) is 2. The van der Waals surface area contributed by atoms with Crippen LogP contribution in [0.2, 0.25) is 0 Å². The number of carbonyl (C=O) groups is 2. The van der Waals surface area contributed by atoms with Gasteiger partial charge in [-0.15, -0.1) is 0 Å². The van der Waals surface area contributed by atoms with Gasteiger partial charge < -0.3 is 5.32 Å². The number of carbonyl (C=O) groups excluding carboxylic acids is 2. The number of aliphatic imine (C=N–C) groups is 1. The Morgan fingerprint density at radius 3 is 2.78 bits per heavy atom. The second kappa shape index (κ2) is 5.72. The molecule has 0 saturated heterocycles. The highest BCUT2D eigenvalue weighted by atomic mass is 19.1. The van der Waals surface area contributed by atoms with Gasteiger partial charge in [-0.3, -0.25) is 9.59 Å². The molecule has 1 aromatic carbocycles. The molecule has 1 N–H and O–H groups in total. The van der Waals surface area contributed by atoms with Gasteiger partial charge in [0.05, 0.1) is 11.3 Å². The van der Waals surface area contributed by atoms with Crippen molar-refractivity contribution in [3.8, 4) is 0 Å². The predicted octanol–water partition coefficient (Wildman–Crippen LogP) is 2.69. The van der Waals surface area contributed by atoms with Crippen molar-refractivity contribution >= 4 is 17.5 Å². The zero-order valence-corrected chi connectivity index (χ0v) is 12.1. The van der Waals surface area contributed by atoms with E-state index in [0.29, 0.717) is 17.5 Å². The van der Waals surface area contributed by atoms with Crippen LogP contribution in [0.25, 0.3) is 0 Å². The molecule has 1 heterocycles. The smallest absolute Gasteiger partial charge is 0.280 e. The van der Waals surface area contributed by atoms with Crippen LogP contribution in [0.5, 0.6) is 0 Å². The lowest BCUT2D eigenvalue weighted by molar-refractivity contribution is -0.116. The highest BCUT2D eigenvalue weighted by Crippen LogP contribution is 2.26. The van der Waals surface area contributed by atoms with Gasteiger partial charge >= 0.3 is 0 Å². The third kappa shape index (κ3) is 3.01. The summed E-state index contributed by atoms with van der Waals surface area (Å²) in [4.78, 5) is 27.4. The van der Waals surface area contributed by atoms with E-state index in [1.807, 2.05) is 6.92 Å². The minimum absolute atomic E-state index is 0.0655. The van der Waals surface area contributed by atoms with Gasteiger partial charge in [-0.25, -0.2) is 13.8 Å². The Hall–Kier alpha value is -2.89. The summed E-state index contributed by atoms with van der Waals surface area (Å²) in [5.41, 5.74) is 1.48. The minimum Gasteiger partial charge on any atom is -0.325 e. The monoisotopic (exact) mass is 314 g/mol. The predicted molar refractivity (Wildman–Crippen MR) is 80.7 cm³/mol. The van der Waals surface area contributed by atoms with Crippen LogP contribution in [0.1, 0.15) is 17.3 Å². The van der Waals surface area contributed by atoms with Crippen LogP contribution < -0.4 is 5.32 Å². The quantitative estimate of drug-likeness (QED) is 0.866. The van der Waals surface area contributed by atoms with Gasteiger partial charge in [0.2, 0.25) is 5.91 Å². The number of halogens is 2. The number of allylic oxidation sites excluding steroid dienone is 3. The number of nitrogens with zero attached hydrogens (tertiary/aromatic N) is 1. The molecule has 3 rings (SSSR count). The Bertz CT molecular complexity index is 835. The molecule has 1 aliphatic heterocycles. The van der Waals surface area contributed by atoms with Gasteiger partial charge in [0, 0.05) is 23.8 Å². The first-order chi connectivity index (χ1) is 10.9. The van der Waals surface area contributed by atoms with Crippen molar-refractivity contribution in [2.45, 2.75) is 6.92 Å². The maximum absolute atomic E-state index is 13.6. The maximum Gasteiger partial charge on any atom is 0.280 e. The van der Waals surface area contributed by atoms with E-state index in [1.54, 1.807) is 18.2 Å². The number of benzene rings is 1. The fraction of sp³-hybridized carbons (Fsp3) is 0.118. The summed E-state index contributed by atoms with van der Waals surface area (Å²) in [6.07, 6.45) is 6.50. The summed E-state index contributed by atoms with van der Waals surface area (Å²) in [6.45, 7) is 1.84. The molecule has 4 nitrogen and oxygen atoms in total. The van der Waals surface area contributed by atoms with Gasteiger partial charge in [-0.05, 0) is 31.2 Å². The topological polar surface area (TPSA) is 58.5 Å². The van der Waals surface area contributed by atoms with Crippen molar-refractivity contribution in [1.82, 2.24) is 5.32 Å². The number of fused-ring (bicyclic) bond motifs is 1. The summed E-state index contributed by atoms with van der Waals surface area (Å²) < 4.78 is 26.5. The molecule has 6 heteroatoms. The summed E-state index contributed by atoms with van der Waals surface area (Å²) in [7, 11) is 0. The first-order valence-corrected chi connectivity index (χ1v) is 6.91. The van der Waals surface area contributed by atoms with Gasteiger partial charge in [0.15, 0.2) is 0 Å². The molecule has 2 amide bonds. The molecule has 1 atom stereocenters. The molecule has 0 fully saturated rings. The first-order valence-electron chi connectivity index (χ1n) is 6.91. The summed E-state index contributed by atoms with van der Waals surface area (Å²) >= 11 is 0. The molecular weight excluding hydrogens is 302 g/mol. The normalized spacial score (nSPS) is 21.4. The Morgan fingerprint density at radius 2 is 2.04 bits per heavy atom. The SMILES string of the molecule is CC1=CC(=O)NC2=CC(=NC(=O)c3ccc(F)cc3F)C=CC12. The number of rotatable bonds is 1. The van der Waals surface area contributed by atoms with Crippen molar-refractivity contribution in [3.05, 3.63) is 71.0 Å². The fourth-order valence-electron chi connectivity index (χ4n) is 2.49. The average Bonchev–Trinajstić information content (AvgIpc) is 2.46. The molecule has 0 bridgehead atoms. The zero-order chi connectivity index (χ0) is 16.6. The molecule has 0 aromatic heterocycles. The van der Waals surface area contributed by atoms with Gasteiger partial charge in [-0.2, -0.15) is 0 Å². The Kier molecular flexibility index (Phi) is 3.73. The molecule has 2 aliphatic rings. The third-order valence-electron chi connectivity index (χ3n) is 3.61. The number of hydrogen-bond donors (Lipinski definition) is 1. The molecule has 0 saturated carbocycles. The van der Waals surface area contributed by atoms with Gasteiger partial charge in [-0.1, -0.05) is 11.6 Å². The van der Waals surface area contributed by atoms with Crippen LogP contribution in [0.15, 0.2) is 58.8 Å². The Labute approximate surface area is 130 Å². The lowest BCUT2D eigenvalue weighted by atomic mass is 9.89. The van der Waals surface area contributed by atoms with E-state index < -0.39 is 17.5 Å². The van der Waals surface area contributed by atoms with Crippen molar-refractivity contribution in [2.24, 2.45) is 10.9 Å². The summed E-state index contributed by atoms with van der Waals surface area (Å²) in [5.74, 6) is -2.84. The number of nitrogens with one attached hydrogen (secondary N) is 1. The van der Waals surface area contributed by atoms with E-state index in [4.69, 9.17) is 0 Å². The average molecular weight is 314 g/mol. The van der Waals surface area contributed by atoms with Gasteiger partial charge in [0.25, 0.3) is 5.91 Å². The molecule has 0 radical (unpaired) electrons. The second-order valence-corrected chi connectivity index (χ2v) is 5.28. The first kappa shape index (κ1) is 15.0. The van der Waals surface area contributed by atoms with E-state index >= 15 is 0 Å². The number of amides is 2. The van der Waals surface area contributed by atoms with Crippen molar-refractivity contribution in [2.75, 3.05) is 0 Å². The van der Waals surface area contributed by atoms with E-state index in [-0.39, 0.29) is 17.4 Å². The Balaban J connectivity index is 1.90. The van der Waals surface area contributed by atoms with E-state index in [0.717, 1.165) is 17.7 Å². The third-order valence-corrected chi connectivity index (χ3v) is 3.61. The van der Waals surface area contributed by atoms with Crippen LogP contribution in [-0.2, 0) is 4.79 Å². The van der Waals surface area contributed by atoms with Crippen LogP contribution in [0.3, 0.4) is 0 Å². The molecular formula is C17H12F2N2O2. The molecule has 0 spiro atoms. The largest absolute Gasteiger partial charge is 0.325 e. The molecule has 1 aromatic rings. The van der Waals surface area contributed by atoms with E-state index in [1.165, 1.54) is 6.08 Å². The van der Waals surface area contributed by atoms with Crippen molar-refractivity contribution in [3.63, 3.8) is 0 Å². The van der Waals surface area contributed by atoms with E-state index in [9.17, 15) is 18.4 Å². The van der Waals surface area contributed by atoms with Gasteiger partial charge in [0.1, 0.15) is 11.6 Å². The van der Waals surface area contributed by atoms with Crippen molar-refractivity contribution in [1.29, 1.82) is 0 Å². The van der Waals surface area contributed by atoms with E-state index in [2.05, 4.69) is 10.3 Å². The minimum atomic E-state index is -0.964. The molecule has 1 aliphatic carbocycles. The van der Waals surface area contributed by atoms with Crippen LogP contribution in [-0.4, -0.2) is 17.5 Å². The summed E-state index contributed by atoms with van der Waals surface area (Å²) in [5, 5.41) is 2.69. The van der Waals surface area contributed by atoms with Crippen LogP contribution >= 0.6 is 0 Å². The second-order valence-electron chi connectivity index (χ2n) is 5.28. The summed E-state index contributed by atoms with van der Waals surface area (Å²) in [6, 6.07) is 2.68. The highest BCUT2D eigenvalue weighted by Gasteiger charge is 2.24. The molecule has 116 valence electrons. The zero-order valence-electron chi connectivity index (χ0n) is 12.1. The maximum atomic E-state index is 13.6. The highest BCUT2D eigenvalue weighted by molar-refractivity contribution is 6.14. The van der Waals surface area contributed by atoms with Crippen LogP contribution in [0.4, 0.5) is 8.78 Å². The standard InChI is InChI=1S/C17H12F2N2O2/c1-9-6-16(22)21-15-8-11(3-5-12(9)15)20-17(23)13-4-2-10(18)7-14(13)19/h2-8,12H,1H3,(H,21,22). The van der Waals surface area contributed by atoms with Crippen molar-refractivity contribution < 1.29 is 18.4 Å². The molecule has 1 unspecified atom stereocenters. The molecule has 23 heavy (non-hydrogen) atoms. The Morgan fingerprint density at radius 1 is 1.26 bits per heavy atom.